The molecule has 1 saturated heterocycles. The van der Waals surface area contributed by atoms with Crippen molar-refractivity contribution < 1.29 is 73.2 Å². The number of likely N-dealkylation sites (tertiary alicyclic amines) is 1. The number of carboxylic acids is 2. The number of benzene rings is 2. The highest BCUT2D eigenvalue weighted by atomic mass is 16.4. The zero-order valence-electron chi connectivity index (χ0n) is 50.8. The second kappa shape index (κ2) is 36.1. The van der Waals surface area contributed by atoms with Crippen LogP contribution in [0.3, 0.4) is 0 Å². The number of aliphatic hydroxyl groups is 1. The number of carbonyl (C=O) groups excluding carboxylic acids is 9. The van der Waals surface area contributed by atoms with Gasteiger partial charge >= 0.3 is 11.9 Å². The van der Waals surface area contributed by atoms with E-state index in [1.54, 1.807) is 44.3 Å². The average Bonchev–Trinajstić information content (AvgIpc) is 2.02. The summed E-state index contributed by atoms with van der Waals surface area (Å²) in [4.78, 5) is 165. The fourth-order valence-electron chi connectivity index (χ4n) is 10.2. The van der Waals surface area contributed by atoms with E-state index in [-0.39, 0.29) is 101 Å². The summed E-state index contributed by atoms with van der Waals surface area (Å²) >= 11 is 0. The predicted molar refractivity (Wildman–Crippen MR) is 329 cm³/mol. The molecule has 1 fully saturated rings. The van der Waals surface area contributed by atoms with Crippen LogP contribution in [0.5, 0.6) is 5.75 Å². The van der Waals surface area contributed by atoms with Gasteiger partial charge in [0.25, 0.3) is 0 Å². The topological polar surface area (TPSA) is 529 Å². The Morgan fingerprint density at radius 1 is 0.681 bits per heavy atom. The number of aliphatic imine (C=N–C) groups is 1. The number of rotatable bonds is 38. The number of phenols is 1. The Morgan fingerprint density at radius 2 is 1.26 bits per heavy atom. The van der Waals surface area contributed by atoms with E-state index < -0.39 is 139 Å². The minimum absolute atomic E-state index is 0.0211. The maximum Gasteiger partial charge on any atom is 0.322 e. The number of para-hydroxylation sites is 1. The number of aliphatic carboxylic acids is 2. The first-order valence-corrected chi connectivity index (χ1v) is 29.9. The number of guanidine groups is 1. The second-order valence-electron chi connectivity index (χ2n) is 22.5. The monoisotopic (exact) mass is 1270 g/mol. The number of nitrogens with zero attached hydrogens (tertiary/aromatic N) is 3. The number of imidazole rings is 1. The van der Waals surface area contributed by atoms with Crippen LogP contribution in [0.25, 0.3) is 10.9 Å². The lowest BCUT2D eigenvalue weighted by atomic mass is 10.00. The Morgan fingerprint density at radius 3 is 1.89 bits per heavy atom. The predicted octanol–water partition coefficient (Wildman–Crippen LogP) is -3.38. The summed E-state index contributed by atoms with van der Waals surface area (Å²) in [6, 6.07) is -0.0875. The smallest absolute Gasteiger partial charge is 0.322 e. The number of phenolic OH excluding ortho intramolecular Hbond substituents is 1. The molecule has 2 aromatic heterocycles. The van der Waals surface area contributed by atoms with Gasteiger partial charge in [0.15, 0.2) is 5.96 Å². The van der Waals surface area contributed by atoms with Crippen LogP contribution in [0.4, 0.5) is 0 Å². The van der Waals surface area contributed by atoms with Gasteiger partial charge in [-0.15, -0.1) is 0 Å². The molecular formula is C59H85N17O15. The van der Waals surface area contributed by atoms with Crippen molar-refractivity contribution in [2.75, 3.05) is 32.8 Å². The molecule has 0 bridgehead atoms. The first-order valence-electron chi connectivity index (χ1n) is 29.9. The van der Waals surface area contributed by atoms with E-state index >= 15 is 0 Å². The number of hydrogen-bond acceptors (Lipinski definition) is 17. The van der Waals surface area contributed by atoms with Crippen molar-refractivity contribution in [1.82, 2.24) is 62.4 Å². The summed E-state index contributed by atoms with van der Waals surface area (Å²) in [6.07, 6.45) is 4.34. The summed E-state index contributed by atoms with van der Waals surface area (Å²) in [5.74, 6) is -10.9. The molecule has 0 spiro atoms. The largest absolute Gasteiger partial charge is 0.508 e. The molecule has 32 nitrogen and oxygen atoms in total. The van der Waals surface area contributed by atoms with Gasteiger partial charge in [0.2, 0.25) is 53.2 Å². The molecule has 4 aromatic rings. The quantitative estimate of drug-likeness (QED) is 0.0118. The minimum atomic E-state index is -1.82. The fraction of sp³-hybridized carbons (Fsp3) is 0.508. The van der Waals surface area contributed by atoms with E-state index in [0.717, 1.165) is 0 Å². The number of fused-ring (bicyclic) bond motifs is 1. The molecule has 1 aliphatic heterocycles. The summed E-state index contributed by atoms with van der Waals surface area (Å²) in [5.41, 5.74) is 24.9. The third-order valence-electron chi connectivity index (χ3n) is 14.9. The summed E-state index contributed by atoms with van der Waals surface area (Å²) in [7, 11) is 0. The number of nitrogens with two attached hydrogens (primary N) is 4. The number of amides is 9. The van der Waals surface area contributed by atoms with Crippen LogP contribution in [0, 0.1) is 5.92 Å². The van der Waals surface area contributed by atoms with Crippen LogP contribution >= 0.6 is 0 Å². The second-order valence-corrected chi connectivity index (χ2v) is 22.5. The van der Waals surface area contributed by atoms with Crippen LogP contribution in [0.1, 0.15) is 94.9 Å². The van der Waals surface area contributed by atoms with Crippen molar-refractivity contribution in [3.8, 4) is 5.75 Å². The molecule has 91 heavy (non-hydrogen) atoms. The molecule has 1 aliphatic rings. The maximum absolute atomic E-state index is 14.7. The number of aromatic amines is 2. The standard InChI is InChI=1S/C59H85N17O15/c1-32(2)23-42(52(85)70-41(12-7-21-65-59(62)63)58(91)76-22-8-13-47(76)57(90)67-29-49(81)82)72-51(84)40(11-5-6-20-60)69-53(86)43(24-33-14-16-36(78)17-15-33)73-56(89)46(30-77)75-54(87)44(25-34-27-66-39-10-4-3-9-37(34)39)74-55(88)45(26-35-28-64-31-68-35)71-50(83)38(61)18-19-48(79)80/h3-4,9-10,14-17,27-28,31-32,38,40-47,66,77-78H,5-8,11-13,18-26,29-30,60-61H2,1-2H3,(H,64,68)(H,67,90)(H,69,86)(H,70,85)(H,71,83)(H,72,84)(H,73,89)(H,74,88)(H,75,87)(H,79,80)(H,81,82)(H4,62,63,65)/t38-,40-,41-,42-,43-,44-,45-,46-,47-/m0/s1. The number of aliphatic hydroxyl groups excluding tert-OH is 1. The Hall–Kier alpha value is -9.69. The van der Waals surface area contributed by atoms with Crippen molar-refractivity contribution in [3.05, 3.63) is 84.1 Å². The third kappa shape index (κ3) is 23.3. The van der Waals surface area contributed by atoms with Crippen LogP contribution < -0.4 is 65.5 Å². The molecule has 2 aromatic carbocycles. The van der Waals surface area contributed by atoms with Gasteiger partial charge in [-0.25, -0.2) is 4.98 Å². The van der Waals surface area contributed by atoms with E-state index in [1.165, 1.54) is 41.7 Å². The number of hydrogen-bond donors (Lipinski definition) is 18. The summed E-state index contributed by atoms with van der Waals surface area (Å²) < 4.78 is 0. The van der Waals surface area contributed by atoms with Gasteiger partial charge in [0, 0.05) is 67.8 Å². The zero-order valence-corrected chi connectivity index (χ0v) is 50.8. The Balaban J connectivity index is 1.40. The highest BCUT2D eigenvalue weighted by Crippen LogP contribution is 2.22. The van der Waals surface area contributed by atoms with Crippen molar-refractivity contribution in [2.24, 2.45) is 33.8 Å². The fourth-order valence-corrected chi connectivity index (χ4v) is 10.2. The highest BCUT2D eigenvalue weighted by Gasteiger charge is 2.40. The van der Waals surface area contributed by atoms with E-state index in [4.69, 9.17) is 28.0 Å². The van der Waals surface area contributed by atoms with Gasteiger partial charge in [-0.1, -0.05) is 44.2 Å². The van der Waals surface area contributed by atoms with E-state index in [0.29, 0.717) is 40.6 Å². The number of unbranched alkanes of at least 4 members (excludes halogenated alkanes) is 1. The molecule has 0 unspecified atom stereocenters. The van der Waals surface area contributed by atoms with Crippen LogP contribution in [0.2, 0.25) is 0 Å². The number of aromatic nitrogens is 3. The average molecular weight is 1270 g/mol. The molecule has 0 saturated carbocycles. The molecule has 0 radical (unpaired) electrons. The van der Waals surface area contributed by atoms with Gasteiger partial charge in [0.1, 0.15) is 60.6 Å². The number of H-pyrrole nitrogens is 2. The molecule has 9 amide bonds. The van der Waals surface area contributed by atoms with Gasteiger partial charge < -0.3 is 101 Å². The molecule has 22 N–H and O–H groups in total. The molecule has 3 heterocycles. The molecule has 5 rings (SSSR count). The first kappa shape index (κ1) is 72.1. The SMILES string of the molecule is CC(C)C[C@H](NC(=O)[C@H](CCCCN)NC(=O)[C@H](Cc1ccc(O)cc1)NC(=O)[C@H](CO)NC(=O)[C@H](Cc1c[nH]c2ccccc12)NC(=O)[C@H](Cc1cnc[nH]1)NC(=O)[C@@H](N)CCC(=O)O)C(=O)N[C@@H](CCCN=C(N)N)C(=O)N1CCC[C@H]1C(=O)NCC(=O)O. The summed E-state index contributed by atoms with van der Waals surface area (Å²) in [5, 5.41) is 60.6. The van der Waals surface area contributed by atoms with Crippen LogP contribution in [-0.2, 0) is 72.0 Å². The Kier molecular flexibility index (Phi) is 28.6. The molecule has 9 atom stereocenters. The van der Waals surface area contributed by atoms with Gasteiger partial charge in [-0.3, -0.25) is 57.7 Å². The lowest BCUT2D eigenvalue weighted by Crippen LogP contribution is -2.61. The molecule has 32 heteroatoms. The molecule has 496 valence electrons. The van der Waals surface area contributed by atoms with Gasteiger partial charge in [0.05, 0.1) is 19.0 Å². The Bertz CT molecular complexity index is 3150. The number of nitrogens with one attached hydrogen (secondary N) is 10. The molecule has 0 aliphatic carbocycles. The first-order chi connectivity index (χ1) is 43.4. The summed E-state index contributed by atoms with van der Waals surface area (Å²) in [6.45, 7) is 2.20. The minimum Gasteiger partial charge on any atom is -0.508 e. The Labute approximate surface area is 524 Å². The van der Waals surface area contributed by atoms with Gasteiger partial charge in [-0.2, -0.15) is 0 Å². The van der Waals surface area contributed by atoms with Crippen molar-refractivity contribution in [2.45, 2.75) is 152 Å². The van der Waals surface area contributed by atoms with Crippen molar-refractivity contribution in [1.29, 1.82) is 0 Å². The van der Waals surface area contributed by atoms with E-state index in [2.05, 4.69) is 62.5 Å². The number of carbonyl (C=O) groups is 11. The van der Waals surface area contributed by atoms with E-state index in [1.807, 2.05) is 0 Å². The highest BCUT2D eigenvalue weighted by molar-refractivity contribution is 5.99. The van der Waals surface area contributed by atoms with Crippen LogP contribution in [-0.4, -0.2) is 199 Å². The maximum atomic E-state index is 14.7. The van der Waals surface area contributed by atoms with Crippen molar-refractivity contribution in [3.63, 3.8) is 0 Å². The van der Waals surface area contributed by atoms with Crippen molar-refractivity contribution >= 4 is 82.0 Å². The number of carboxylic acid groups (broad SMARTS) is 2. The lowest BCUT2D eigenvalue weighted by molar-refractivity contribution is -0.143. The van der Waals surface area contributed by atoms with Gasteiger partial charge in [-0.05, 0) is 99.6 Å². The lowest BCUT2D eigenvalue weighted by Gasteiger charge is -2.30. The number of aromatic hydroxyl groups is 1. The van der Waals surface area contributed by atoms with Crippen LogP contribution in [0.15, 0.2) is 72.2 Å². The third-order valence-corrected chi connectivity index (χ3v) is 14.9. The van der Waals surface area contributed by atoms with E-state index in [9.17, 15) is 68.1 Å². The molecular weight excluding hydrogens is 1190 g/mol. The zero-order chi connectivity index (χ0) is 66.7. The normalized spacial score (nSPS) is 15.5.